The minimum atomic E-state index is -1.35. The summed E-state index contributed by atoms with van der Waals surface area (Å²) in [6.45, 7) is 0.636. The topological polar surface area (TPSA) is 70.7 Å². The molecule has 1 atom stereocenters. The molecule has 6 nitrogen and oxygen atoms in total. The van der Waals surface area contributed by atoms with Crippen LogP contribution in [0.2, 0.25) is 5.02 Å². The highest BCUT2D eigenvalue weighted by Gasteiger charge is 2.34. The molecule has 1 aliphatic heterocycles. The zero-order chi connectivity index (χ0) is 26.4. The van der Waals surface area contributed by atoms with E-state index in [0.29, 0.717) is 36.2 Å². The van der Waals surface area contributed by atoms with Crippen LogP contribution in [0.25, 0.3) is 0 Å². The van der Waals surface area contributed by atoms with Crippen LogP contribution in [-0.2, 0) is 22.6 Å². The van der Waals surface area contributed by atoms with Gasteiger partial charge in [-0.2, -0.15) is 4.39 Å². The van der Waals surface area contributed by atoms with E-state index in [0.717, 1.165) is 17.2 Å². The van der Waals surface area contributed by atoms with Crippen molar-refractivity contribution in [2.75, 3.05) is 24.6 Å². The normalized spacial score (nSPS) is 15.5. The number of ether oxygens (including phenoxy) is 1. The lowest BCUT2D eigenvalue weighted by atomic mass is 10.1. The van der Waals surface area contributed by atoms with Crippen LogP contribution in [0.3, 0.4) is 0 Å². The summed E-state index contributed by atoms with van der Waals surface area (Å²) in [5.74, 6) is -4.76. The third-order valence-corrected chi connectivity index (χ3v) is 6.35. The second-order valence-corrected chi connectivity index (χ2v) is 8.92. The van der Waals surface area contributed by atoms with E-state index in [1.807, 2.05) is 24.3 Å². The van der Waals surface area contributed by atoms with Crippen molar-refractivity contribution in [2.24, 2.45) is 0 Å². The van der Waals surface area contributed by atoms with E-state index >= 15 is 0 Å². The first kappa shape index (κ1) is 26.5. The van der Waals surface area contributed by atoms with Gasteiger partial charge in [-0.25, -0.2) is 8.78 Å². The number of nitrogens with zero attached hydrogens (tertiary/aromatic N) is 1. The summed E-state index contributed by atoms with van der Waals surface area (Å²) in [5.41, 5.74) is 2.25. The number of rotatable bonds is 9. The summed E-state index contributed by atoms with van der Waals surface area (Å²) in [7, 11) is 0. The first-order valence-electron chi connectivity index (χ1n) is 11.7. The van der Waals surface area contributed by atoms with Crippen molar-refractivity contribution in [3.05, 3.63) is 94.3 Å². The third-order valence-electron chi connectivity index (χ3n) is 5.98. The molecule has 3 aromatic rings. The Kier molecular flexibility index (Phi) is 8.68. The Balaban J connectivity index is 1.35. The SMILES string of the molecule is O=C(NCc1ccccc1Cl)[C@H]1CNCC(=O)N1c1ccc(CCCOc2c(F)ccc(F)c2F)cc1. The van der Waals surface area contributed by atoms with E-state index in [9.17, 15) is 22.8 Å². The number of piperazine rings is 1. The van der Waals surface area contributed by atoms with Gasteiger partial charge in [-0.3, -0.25) is 14.5 Å². The first-order valence-corrected chi connectivity index (χ1v) is 12.1. The Bertz CT molecular complexity index is 1270. The molecule has 0 unspecified atom stereocenters. The lowest BCUT2D eigenvalue weighted by Gasteiger charge is -2.35. The Morgan fingerprint density at radius 1 is 1.05 bits per heavy atom. The predicted octanol–water partition coefficient (Wildman–Crippen LogP) is 4.39. The maximum atomic E-state index is 13.7. The van der Waals surface area contributed by atoms with Crippen molar-refractivity contribution in [1.29, 1.82) is 0 Å². The van der Waals surface area contributed by atoms with Gasteiger partial charge in [-0.1, -0.05) is 41.9 Å². The first-order chi connectivity index (χ1) is 17.8. The summed E-state index contributed by atoms with van der Waals surface area (Å²) in [6.07, 6.45) is 0.949. The lowest BCUT2D eigenvalue weighted by molar-refractivity contribution is -0.127. The van der Waals surface area contributed by atoms with E-state index in [2.05, 4.69) is 10.6 Å². The van der Waals surface area contributed by atoms with Crippen LogP contribution in [0.4, 0.5) is 18.9 Å². The van der Waals surface area contributed by atoms with Crippen molar-refractivity contribution in [3.8, 4) is 5.75 Å². The molecule has 0 spiro atoms. The minimum Gasteiger partial charge on any atom is -0.488 e. The maximum absolute atomic E-state index is 13.7. The molecular weight excluding hydrogens is 507 g/mol. The molecule has 1 aliphatic rings. The Morgan fingerprint density at radius 3 is 2.54 bits per heavy atom. The fraction of sp³-hybridized carbons (Fsp3) is 0.259. The number of nitrogens with one attached hydrogen (secondary N) is 2. The highest BCUT2D eigenvalue weighted by Crippen LogP contribution is 2.25. The van der Waals surface area contributed by atoms with Gasteiger partial charge in [0.15, 0.2) is 17.4 Å². The Hall–Kier alpha value is -3.56. The van der Waals surface area contributed by atoms with E-state index in [1.54, 1.807) is 24.3 Å². The molecule has 1 fully saturated rings. The van der Waals surface area contributed by atoms with E-state index in [1.165, 1.54) is 4.90 Å². The van der Waals surface area contributed by atoms with Crippen molar-refractivity contribution in [3.63, 3.8) is 0 Å². The van der Waals surface area contributed by atoms with Gasteiger partial charge in [0.25, 0.3) is 0 Å². The number of benzene rings is 3. The standard InChI is InChI=1S/C27H25ClF3N3O3/c28-20-6-2-1-5-18(20)14-33-27(36)23-15-32-16-24(35)34(23)19-9-7-17(8-10-19)4-3-13-37-26-22(30)12-11-21(29)25(26)31/h1-2,5-12,23,32H,3-4,13-16H2,(H,33,36)/t23-/m1/s1. The summed E-state index contributed by atoms with van der Waals surface area (Å²) >= 11 is 6.17. The summed E-state index contributed by atoms with van der Waals surface area (Å²) in [5, 5.41) is 6.37. The van der Waals surface area contributed by atoms with Gasteiger partial charge in [0, 0.05) is 23.8 Å². The Labute approximate surface area is 217 Å². The molecule has 0 bridgehead atoms. The van der Waals surface area contributed by atoms with Crippen molar-refractivity contribution < 1.29 is 27.5 Å². The average molecular weight is 532 g/mol. The summed E-state index contributed by atoms with van der Waals surface area (Å²) in [6, 6.07) is 15.1. The van der Waals surface area contributed by atoms with Crippen LogP contribution in [0.5, 0.6) is 5.75 Å². The highest BCUT2D eigenvalue weighted by atomic mass is 35.5. The van der Waals surface area contributed by atoms with Crippen molar-refractivity contribution in [2.45, 2.75) is 25.4 Å². The third kappa shape index (κ3) is 6.42. The van der Waals surface area contributed by atoms with Gasteiger partial charge < -0.3 is 15.4 Å². The number of anilines is 1. The molecule has 2 amide bonds. The van der Waals surface area contributed by atoms with Gasteiger partial charge in [-0.05, 0) is 54.3 Å². The van der Waals surface area contributed by atoms with Crippen LogP contribution in [-0.4, -0.2) is 37.6 Å². The minimum absolute atomic E-state index is 0.0109. The quantitative estimate of drug-likeness (QED) is 0.317. The molecule has 0 radical (unpaired) electrons. The van der Waals surface area contributed by atoms with Crippen LogP contribution < -0.4 is 20.3 Å². The molecule has 0 aromatic heterocycles. The van der Waals surface area contributed by atoms with E-state index < -0.39 is 29.2 Å². The van der Waals surface area contributed by atoms with Crippen LogP contribution >= 0.6 is 11.6 Å². The number of carbonyl (C=O) groups excluding carboxylic acids is 2. The molecule has 1 saturated heterocycles. The molecule has 10 heteroatoms. The average Bonchev–Trinajstić information content (AvgIpc) is 2.90. The van der Waals surface area contributed by atoms with Gasteiger partial charge in [-0.15, -0.1) is 0 Å². The lowest BCUT2D eigenvalue weighted by Crippen LogP contribution is -2.60. The summed E-state index contributed by atoms with van der Waals surface area (Å²) < 4.78 is 45.8. The number of aryl methyl sites for hydroxylation is 1. The van der Waals surface area contributed by atoms with Crippen molar-refractivity contribution >= 4 is 29.1 Å². The molecule has 0 aliphatic carbocycles. The van der Waals surface area contributed by atoms with Gasteiger partial charge in [0.2, 0.25) is 17.6 Å². The van der Waals surface area contributed by atoms with E-state index in [-0.39, 0.29) is 31.5 Å². The fourth-order valence-corrected chi connectivity index (χ4v) is 4.26. The second kappa shape index (κ2) is 12.1. The number of hydrogen-bond donors (Lipinski definition) is 2. The maximum Gasteiger partial charge on any atom is 0.244 e. The van der Waals surface area contributed by atoms with Crippen LogP contribution in [0, 0.1) is 17.5 Å². The molecule has 2 N–H and O–H groups in total. The van der Waals surface area contributed by atoms with Gasteiger partial charge in [0.05, 0.1) is 13.2 Å². The molecule has 4 rings (SSSR count). The zero-order valence-electron chi connectivity index (χ0n) is 19.8. The summed E-state index contributed by atoms with van der Waals surface area (Å²) in [4.78, 5) is 27.1. The molecular formula is C27H25ClF3N3O3. The number of halogens is 4. The number of carbonyl (C=O) groups is 2. The van der Waals surface area contributed by atoms with E-state index in [4.69, 9.17) is 16.3 Å². The molecule has 194 valence electrons. The van der Waals surface area contributed by atoms with Crippen molar-refractivity contribution in [1.82, 2.24) is 10.6 Å². The highest BCUT2D eigenvalue weighted by molar-refractivity contribution is 6.31. The monoisotopic (exact) mass is 531 g/mol. The predicted molar refractivity (Wildman–Crippen MR) is 134 cm³/mol. The molecule has 37 heavy (non-hydrogen) atoms. The zero-order valence-corrected chi connectivity index (χ0v) is 20.5. The van der Waals surface area contributed by atoms with Crippen LogP contribution in [0.15, 0.2) is 60.7 Å². The fourth-order valence-electron chi connectivity index (χ4n) is 4.06. The largest absolute Gasteiger partial charge is 0.488 e. The number of amides is 2. The molecule has 1 heterocycles. The van der Waals surface area contributed by atoms with Crippen LogP contribution in [0.1, 0.15) is 17.5 Å². The smallest absolute Gasteiger partial charge is 0.244 e. The molecule has 0 saturated carbocycles. The van der Waals surface area contributed by atoms with Gasteiger partial charge >= 0.3 is 0 Å². The Morgan fingerprint density at radius 2 is 1.78 bits per heavy atom. The van der Waals surface area contributed by atoms with Gasteiger partial charge in [0.1, 0.15) is 6.04 Å². The number of hydrogen-bond acceptors (Lipinski definition) is 4. The molecule has 3 aromatic carbocycles. The second-order valence-electron chi connectivity index (χ2n) is 8.51.